The Morgan fingerprint density at radius 3 is 3.04 bits per heavy atom. The van der Waals surface area contributed by atoms with E-state index in [1.54, 1.807) is 17.3 Å². The van der Waals surface area contributed by atoms with Crippen molar-refractivity contribution < 1.29 is 4.79 Å². The zero-order chi connectivity index (χ0) is 17.4. The van der Waals surface area contributed by atoms with E-state index in [1.165, 1.54) is 16.9 Å². The molecule has 3 aromatic rings. The fourth-order valence-electron chi connectivity index (χ4n) is 3.53. The van der Waals surface area contributed by atoms with Gasteiger partial charge >= 0.3 is 0 Å². The van der Waals surface area contributed by atoms with Gasteiger partial charge < -0.3 is 9.88 Å². The van der Waals surface area contributed by atoms with Crippen molar-refractivity contribution in [1.29, 1.82) is 0 Å². The summed E-state index contributed by atoms with van der Waals surface area (Å²) in [6.07, 6.45) is 6.49. The van der Waals surface area contributed by atoms with Gasteiger partial charge in [0.15, 0.2) is 0 Å². The molecule has 0 aromatic carbocycles. The predicted molar refractivity (Wildman–Crippen MR) is 98.9 cm³/mol. The minimum Gasteiger partial charge on any atom is -0.348 e. The van der Waals surface area contributed by atoms with Crippen molar-refractivity contribution in [3.63, 3.8) is 0 Å². The van der Waals surface area contributed by atoms with Crippen molar-refractivity contribution >= 4 is 27.5 Å². The fraction of sp³-hybridized carbons (Fsp3) is 0.389. The van der Waals surface area contributed by atoms with Crippen molar-refractivity contribution in [3.05, 3.63) is 47.0 Å². The number of nitrogens with zero attached hydrogens (tertiary/aromatic N) is 4. The molecule has 1 fully saturated rings. The molecule has 1 N–H and O–H groups in total. The van der Waals surface area contributed by atoms with Crippen LogP contribution in [0.25, 0.3) is 10.2 Å². The normalized spacial score (nSPS) is 18.1. The monoisotopic (exact) mass is 355 g/mol. The number of hydrogen-bond acceptors (Lipinski definition) is 5. The van der Waals surface area contributed by atoms with Gasteiger partial charge in [-0.3, -0.25) is 9.69 Å². The second-order valence-corrected chi connectivity index (χ2v) is 7.66. The lowest BCUT2D eigenvalue weighted by atomic mass is 9.95. The molecule has 1 aliphatic rings. The highest BCUT2D eigenvalue weighted by Gasteiger charge is 2.31. The van der Waals surface area contributed by atoms with Crippen molar-refractivity contribution in [1.82, 2.24) is 24.8 Å². The average Bonchev–Trinajstić information content (AvgIpc) is 3.33. The highest BCUT2D eigenvalue weighted by Crippen LogP contribution is 2.39. The van der Waals surface area contributed by atoms with Crippen LogP contribution in [0.15, 0.2) is 30.7 Å². The van der Waals surface area contributed by atoms with Crippen LogP contribution in [-0.4, -0.2) is 57.8 Å². The molecule has 0 unspecified atom stereocenters. The Morgan fingerprint density at radius 1 is 1.40 bits per heavy atom. The van der Waals surface area contributed by atoms with Gasteiger partial charge in [0.1, 0.15) is 10.7 Å². The van der Waals surface area contributed by atoms with E-state index in [4.69, 9.17) is 0 Å². The van der Waals surface area contributed by atoms with E-state index in [0.29, 0.717) is 5.92 Å². The van der Waals surface area contributed by atoms with Crippen molar-refractivity contribution in [3.8, 4) is 0 Å². The van der Waals surface area contributed by atoms with Crippen molar-refractivity contribution in [2.24, 2.45) is 0 Å². The molecule has 1 aliphatic heterocycles. The van der Waals surface area contributed by atoms with Crippen LogP contribution in [0.5, 0.6) is 0 Å². The molecule has 0 bridgehead atoms. The summed E-state index contributed by atoms with van der Waals surface area (Å²) in [6, 6.07) is 4.05. The Bertz CT molecular complexity index is 886. The Hall–Kier alpha value is -2.25. The molecule has 25 heavy (non-hydrogen) atoms. The topological polar surface area (TPSA) is 65.1 Å². The maximum Gasteiger partial charge on any atom is 0.263 e. The smallest absolute Gasteiger partial charge is 0.263 e. The number of amides is 1. The molecular formula is C18H21N5OS. The molecule has 1 saturated heterocycles. The van der Waals surface area contributed by atoms with Gasteiger partial charge in [-0.05, 0) is 24.6 Å². The number of H-pyrrole nitrogens is 1. The standard InChI is InChI=1S/C18H21N5OS/c1-22(2)18(24)16-15(13-4-3-6-21-17(13)25-16)12-5-9-23(10-12)11-14-19-7-8-20-14/h3-4,6-8,12H,5,9-11H2,1-2H3,(H,19,20)/t12-/m1/s1. The van der Waals surface area contributed by atoms with Gasteiger partial charge in [-0.1, -0.05) is 6.07 Å². The number of likely N-dealkylation sites (tertiary alicyclic amines) is 1. The maximum absolute atomic E-state index is 12.7. The first-order valence-electron chi connectivity index (χ1n) is 8.43. The largest absolute Gasteiger partial charge is 0.348 e. The summed E-state index contributed by atoms with van der Waals surface area (Å²) in [5.74, 6) is 1.41. The van der Waals surface area contributed by atoms with Crippen LogP contribution in [0, 0.1) is 0 Å². The number of fused-ring (bicyclic) bond motifs is 1. The number of thiophene rings is 1. The summed E-state index contributed by atoms with van der Waals surface area (Å²) in [4.78, 5) is 30.5. The summed E-state index contributed by atoms with van der Waals surface area (Å²) in [5, 5.41) is 1.13. The van der Waals surface area contributed by atoms with Gasteiger partial charge in [0.2, 0.25) is 0 Å². The highest BCUT2D eigenvalue weighted by atomic mass is 32.1. The molecule has 7 heteroatoms. The summed E-state index contributed by atoms with van der Waals surface area (Å²) in [6.45, 7) is 2.77. The van der Waals surface area contributed by atoms with Crippen LogP contribution >= 0.6 is 11.3 Å². The average molecular weight is 355 g/mol. The Morgan fingerprint density at radius 2 is 2.28 bits per heavy atom. The Labute approximate surface area is 150 Å². The number of pyridine rings is 1. The number of imidazole rings is 1. The number of carbonyl (C=O) groups excluding carboxylic acids is 1. The molecule has 0 saturated carbocycles. The second-order valence-electron chi connectivity index (χ2n) is 6.66. The molecule has 4 heterocycles. The fourth-order valence-corrected chi connectivity index (χ4v) is 4.78. The molecule has 1 atom stereocenters. The van der Waals surface area contributed by atoms with Crippen molar-refractivity contribution in [2.75, 3.05) is 27.2 Å². The van der Waals surface area contributed by atoms with Gasteiger partial charge in [-0.25, -0.2) is 9.97 Å². The highest BCUT2D eigenvalue weighted by molar-refractivity contribution is 7.20. The molecule has 1 amide bonds. The molecule has 4 rings (SSSR count). The van der Waals surface area contributed by atoms with E-state index >= 15 is 0 Å². The minimum atomic E-state index is 0.0717. The lowest BCUT2D eigenvalue weighted by Gasteiger charge is -2.16. The lowest BCUT2D eigenvalue weighted by molar-refractivity contribution is 0.0831. The Balaban J connectivity index is 1.66. The predicted octanol–water partition coefficient (Wildman–Crippen LogP) is 2.71. The van der Waals surface area contributed by atoms with E-state index in [-0.39, 0.29) is 5.91 Å². The number of carbonyl (C=O) groups is 1. The molecule has 0 spiro atoms. The summed E-state index contributed by atoms with van der Waals surface area (Å²) in [5.41, 5.74) is 1.17. The first kappa shape index (κ1) is 16.2. The van der Waals surface area contributed by atoms with Crippen LogP contribution in [0.1, 0.15) is 33.4 Å². The third kappa shape index (κ3) is 3.05. The van der Waals surface area contributed by atoms with Crippen LogP contribution in [0.2, 0.25) is 0 Å². The van der Waals surface area contributed by atoms with E-state index in [2.05, 4.69) is 25.9 Å². The SMILES string of the molecule is CN(C)C(=O)c1sc2ncccc2c1[C@@H]1CCN(Cc2ncc[nH]2)C1. The third-order valence-corrected chi connectivity index (χ3v) is 5.83. The van der Waals surface area contributed by atoms with Gasteiger partial charge in [0.25, 0.3) is 5.91 Å². The van der Waals surface area contributed by atoms with E-state index in [1.807, 2.05) is 26.4 Å². The summed E-state index contributed by atoms with van der Waals surface area (Å²) >= 11 is 1.51. The van der Waals surface area contributed by atoms with E-state index < -0.39 is 0 Å². The van der Waals surface area contributed by atoms with Gasteiger partial charge in [0.05, 0.1) is 11.4 Å². The van der Waals surface area contributed by atoms with Gasteiger partial charge in [-0.2, -0.15) is 0 Å². The number of nitrogens with one attached hydrogen (secondary N) is 1. The molecule has 0 aliphatic carbocycles. The van der Waals surface area contributed by atoms with E-state index in [9.17, 15) is 4.79 Å². The second kappa shape index (κ2) is 6.57. The molecule has 130 valence electrons. The molecular weight excluding hydrogens is 334 g/mol. The summed E-state index contributed by atoms with van der Waals surface area (Å²) < 4.78 is 0. The van der Waals surface area contributed by atoms with Crippen molar-refractivity contribution in [2.45, 2.75) is 18.9 Å². The number of aromatic nitrogens is 3. The maximum atomic E-state index is 12.7. The molecule has 6 nitrogen and oxygen atoms in total. The molecule has 0 radical (unpaired) electrons. The van der Waals surface area contributed by atoms with Gasteiger partial charge in [-0.15, -0.1) is 11.3 Å². The number of hydrogen-bond donors (Lipinski definition) is 1. The lowest BCUT2D eigenvalue weighted by Crippen LogP contribution is -2.23. The summed E-state index contributed by atoms with van der Waals surface area (Å²) in [7, 11) is 3.61. The molecule has 3 aromatic heterocycles. The van der Waals surface area contributed by atoms with Crippen LogP contribution in [0.3, 0.4) is 0 Å². The minimum absolute atomic E-state index is 0.0717. The van der Waals surface area contributed by atoms with Crippen LogP contribution < -0.4 is 0 Å². The first-order chi connectivity index (χ1) is 12.1. The zero-order valence-corrected chi connectivity index (χ0v) is 15.2. The first-order valence-corrected chi connectivity index (χ1v) is 9.25. The number of rotatable bonds is 4. The van der Waals surface area contributed by atoms with E-state index in [0.717, 1.165) is 47.0 Å². The third-order valence-electron chi connectivity index (χ3n) is 4.71. The quantitative estimate of drug-likeness (QED) is 0.781. The van der Waals surface area contributed by atoms with Gasteiger partial charge in [0, 0.05) is 50.5 Å². The number of aromatic amines is 1. The van der Waals surface area contributed by atoms with Crippen LogP contribution in [0.4, 0.5) is 0 Å². The zero-order valence-electron chi connectivity index (χ0n) is 14.4. The van der Waals surface area contributed by atoms with Crippen LogP contribution in [-0.2, 0) is 6.54 Å². The Kier molecular flexibility index (Phi) is 4.27.